The first kappa shape index (κ1) is 12.0. The van der Waals surface area contributed by atoms with Crippen molar-refractivity contribution in [3.63, 3.8) is 0 Å². The van der Waals surface area contributed by atoms with Crippen LogP contribution in [0.3, 0.4) is 0 Å². The molecule has 0 aliphatic carbocycles. The zero-order valence-corrected chi connectivity index (χ0v) is 9.57. The number of rotatable bonds is 3. The average molecular weight is 219 g/mol. The summed E-state index contributed by atoms with van der Waals surface area (Å²) in [6.07, 6.45) is 1.00. The lowest BCUT2D eigenvalue weighted by Gasteiger charge is -2.03. The van der Waals surface area contributed by atoms with E-state index in [4.69, 9.17) is 11.5 Å². The van der Waals surface area contributed by atoms with E-state index in [2.05, 4.69) is 22.4 Å². The second-order valence-electron chi connectivity index (χ2n) is 3.27. The number of amidine groups is 1. The lowest BCUT2D eigenvalue weighted by Crippen LogP contribution is -2.30. The maximum Gasteiger partial charge on any atom is 0.209 e. The Labute approximate surface area is 95.2 Å². The molecule has 0 aromatic heterocycles. The normalized spacial score (nSPS) is 12.6. The fourth-order valence-electron chi connectivity index (χ4n) is 1.14. The van der Waals surface area contributed by atoms with Crippen LogP contribution in [0.5, 0.6) is 0 Å². The van der Waals surface area contributed by atoms with Crippen molar-refractivity contribution in [2.45, 2.75) is 13.3 Å². The summed E-state index contributed by atoms with van der Waals surface area (Å²) >= 11 is 0. The molecule has 0 unspecified atom stereocenters. The largest absolute Gasteiger partial charge is 0.382 e. The second kappa shape index (κ2) is 5.75. The van der Waals surface area contributed by atoms with Gasteiger partial charge in [0, 0.05) is 12.6 Å². The van der Waals surface area contributed by atoms with Gasteiger partial charge in [0.15, 0.2) is 5.84 Å². The third-order valence-electron chi connectivity index (χ3n) is 2.19. The van der Waals surface area contributed by atoms with Crippen LogP contribution < -0.4 is 16.9 Å². The number of nitrogens with one attached hydrogen (secondary N) is 1. The molecule has 0 aliphatic rings. The van der Waals surface area contributed by atoms with E-state index in [-0.39, 0.29) is 5.96 Å². The molecule has 1 rings (SSSR count). The summed E-state index contributed by atoms with van der Waals surface area (Å²) in [5, 5.41) is 3.91. The third kappa shape index (κ3) is 3.27. The molecule has 5 N–H and O–H groups in total. The zero-order chi connectivity index (χ0) is 12.0. The summed E-state index contributed by atoms with van der Waals surface area (Å²) < 4.78 is 0. The molecule has 0 heterocycles. The number of hydrogen-bond donors (Lipinski definition) is 3. The molecule has 16 heavy (non-hydrogen) atoms. The molecule has 0 amide bonds. The van der Waals surface area contributed by atoms with Crippen molar-refractivity contribution in [1.82, 2.24) is 5.43 Å². The van der Waals surface area contributed by atoms with Crippen LogP contribution in [0.25, 0.3) is 0 Å². The maximum atomic E-state index is 5.77. The van der Waals surface area contributed by atoms with Crippen LogP contribution in [0.4, 0.5) is 0 Å². The molecule has 0 aliphatic heterocycles. The highest BCUT2D eigenvalue weighted by molar-refractivity contribution is 5.98. The highest BCUT2D eigenvalue weighted by Crippen LogP contribution is 2.04. The van der Waals surface area contributed by atoms with E-state index in [1.54, 1.807) is 7.05 Å². The molecule has 5 heteroatoms. The fourth-order valence-corrected chi connectivity index (χ4v) is 1.14. The summed E-state index contributed by atoms with van der Waals surface area (Å²) in [5.74, 6) is 0.613. The molecule has 1 aromatic rings. The van der Waals surface area contributed by atoms with Gasteiger partial charge in [-0.25, -0.2) is 5.43 Å². The van der Waals surface area contributed by atoms with E-state index in [0.717, 1.165) is 12.0 Å². The Balaban J connectivity index is 2.75. The maximum absolute atomic E-state index is 5.77. The molecule has 1 aromatic carbocycles. The van der Waals surface area contributed by atoms with Crippen molar-refractivity contribution in [2.24, 2.45) is 21.6 Å². The van der Waals surface area contributed by atoms with Crippen LogP contribution in [-0.2, 0) is 6.42 Å². The molecule has 0 fully saturated rings. The highest BCUT2D eigenvalue weighted by atomic mass is 15.4. The smallest absolute Gasteiger partial charge is 0.209 e. The van der Waals surface area contributed by atoms with Crippen molar-refractivity contribution >= 4 is 11.8 Å². The van der Waals surface area contributed by atoms with Crippen molar-refractivity contribution in [3.8, 4) is 0 Å². The van der Waals surface area contributed by atoms with Gasteiger partial charge in [-0.15, -0.1) is 0 Å². The molecule has 0 bridgehead atoms. The highest BCUT2D eigenvalue weighted by Gasteiger charge is 1.98. The predicted octanol–water partition coefficient (Wildman–Crippen LogP) is 0.403. The fraction of sp³-hybridized carbons (Fsp3) is 0.273. The van der Waals surface area contributed by atoms with Gasteiger partial charge >= 0.3 is 0 Å². The van der Waals surface area contributed by atoms with E-state index in [9.17, 15) is 0 Å². The molecule has 0 saturated carbocycles. The van der Waals surface area contributed by atoms with Gasteiger partial charge in [0.25, 0.3) is 0 Å². The number of aryl methyl sites for hydroxylation is 1. The topological polar surface area (TPSA) is 88.8 Å². The lowest BCUT2D eigenvalue weighted by atomic mass is 10.1. The molecule has 0 saturated heterocycles. The van der Waals surface area contributed by atoms with Crippen molar-refractivity contribution < 1.29 is 0 Å². The van der Waals surface area contributed by atoms with Crippen LogP contribution in [0.2, 0.25) is 0 Å². The van der Waals surface area contributed by atoms with Crippen LogP contribution in [-0.4, -0.2) is 18.8 Å². The first-order valence-corrected chi connectivity index (χ1v) is 5.08. The van der Waals surface area contributed by atoms with Crippen LogP contribution in [0.1, 0.15) is 18.1 Å². The van der Waals surface area contributed by atoms with Gasteiger partial charge in [-0.05, 0) is 12.0 Å². The van der Waals surface area contributed by atoms with Gasteiger partial charge in [-0.2, -0.15) is 5.10 Å². The third-order valence-corrected chi connectivity index (χ3v) is 2.19. The van der Waals surface area contributed by atoms with E-state index in [1.165, 1.54) is 5.56 Å². The summed E-state index contributed by atoms with van der Waals surface area (Å²) in [5.41, 5.74) is 15.9. The summed E-state index contributed by atoms with van der Waals surface area (Å²) in [6.45, 7) is 2.10. The molecule has 86 valence electrons. The minimum atomic E-state index is 0.230. The van der Waals surface area contributed by atoms with Gasteiger partial charge in [0.05, 0.1) is 0 Å². The predicted molar refractivity (Wildman–Crippen MR) is 67.2 cm³/mol. The Kier molecular flexibility index (Phi) is 4.32. The van der Waals surface area contributed by atoms with E-state index < -0.39 is 0 Å². The number of aliphatic imine (C=N–C) groups is 1. The molecular formula is C11H17N5. The summed E-state index contributed by atoms with van der Waals surface area (Å²) in [4.78, 5) is 3.70. The summed E-state index contributed by atoms with van der Waals surface area (Å²) in [7, 11) is 1.57. The SMILES string of the molecule is CCc1ccc(/C(N)=N/NC(N)=NC)cc1. The Morgan fingerprint density at radius 1 is 1.25 bits per heavy atom. The molecule has 0 radical (unpaired) electrons. The zero-order valence-electron chi connectivity index (χ0n) is 9.57. The standard InChI is InChI=1S/C11H17N5/c1-3-8-4-6-9(7-5-8)10(12)15-16-11(13)14-2/h4-7H,3H2,1-2H3,(H2,12,15)(H3,13,14,16). The van der Waals surface area contributed by atoms with Crippen molar-refractivity contribution in [1.29, 1.82) is 0 Å². The number of guanidine groups is 1. The van der Waals surface area contributed by atoms with E-state index >= 15 is 0 Å². The Morgan fingerprint density at radius 3 is 2.38 bits per heavy atom. The number of benzene rings is 1. The monoisotopic (exact) mass is 219 g/mol. The van der Waals surface area contributed by atoms with Crippen molar-refractivity contribution in [2.75, 3.05) is 7.05 Å². The lowest BCUT2D eigenvalue weighted by molar-refractivity contribution is 0.994. The van der Waals surface area contributed by atoms with Gasteiger partial charge in [0.2, 0.25) is 5.96 Å². The number of nitrogens with two attached hydrogens (primary N) is 2. The van der Waals surface area contributed by atoms with Gasteiger partial charge in [0.1, 0.15) is 0 Å². The van der Waals surface area contributed by atoms with Gasteiger partial charge < -0.3 is 11.5 Å². The van der Waals surface area contributed by atoms with Crippen LogP contribution in [0.15, 0.2) is 34.4 Å². The molecule has 0 atom stereocenters. The Bertz CT molecular complexity index is 391. The minimum absolute atomic E-state index is 0.230. The Hall–Kier alpha value is -2.04. The minimum Gasteiger partial charge on any atom is -0.382 e. The Morgan fingerprint density at radius 2 is 1.88 bits per heavy atom. The van der Waals surface area contributed by atoms with E-state index in [1.807, 2.05) is 24.3 Å². The van der Waals surface area contributed by atoms with Crippen LogP contribution >= 0.6 is 0 Å². The van der Waals surface area contributed by atoms with E-state index in [0.29, 0.717) is 5.84 Å². The van der Waals surface area contributed by atoms with Gasteiger partial charge in [-0.3, -0.25) is 4.99 Å². The number of hydrogen-bond acceptors (Lipinski definition) is 2. The first-order valence-electron chi connectivity index (χ1n) is 5.08. The molecular weight excluding hydrogens is 202 g/mol. The number of hydrazone groups is 1. The average Bonchev–Trinajstić information content (AvgIpc) is 2.35. The molecule has 0 spiro atoms. The number of nitrogens with zero attached hydrogens (tertiary/aromatic N) is 2. The summed E-state index contributed by atoms with van der Waals surface area (Å²) in [6, 6.07) is 7.90. The molecule has 5 nitrogen and oxygen atoms in total. The quantitative estimate of drug-likeness (QED) is 0.390. The second-order valence-corrected chi connectivity index (χ2v) is 3.27. The van der Waals surface area contributed by atoms with Crippen molar-refractivity contribution in [3.05, 3.63) is 35.4 Å². The first-order chi connectivity index (χ1) is 7.67. The van der Waals surface area contributed by atoms with Crippen LogP contribution in [0, 0.1) is 0 Å². The van der Waals surface area contributed by atoms with Gasteiger partial charge in [-0.1, -0.05) is 31.2 Å².